The van der Waals surface area contributed by atoms with Gasteiger partial charge >= 0.3 is 0 Å². The Balaban J connectivity index is 1.83. The Bertz CT molecular complexity index is 563. The van der Waals surface area contributed by atoms with Crippen molar-refractivity contribution in [3.05, 3.63) is 58.6 Å². The van der Waals surface area contributed by atoms with Crippen molar-refractivity contribution in [1.82, 2.24) is 0 Å². The molecule has 0 unspecified atom stereocenters. The van der Waals surface area contributed by atoms with Crippen molar-refractivity contribution in [1.29, 1.82) is 0 Å². The van der Waals surface area contributed by atoms with E-state index in [0.29, 0.717) is 16.7 Å². The molecular formula is C14H12BrF2NO. The predicted octanol–water partition coefficient (Wildman–Crippen LogP) is 4.22. The second kappa shape index (κ2) is 6.52. The van der Waals surface area contributed by atoms with Gasteiger partial charge in [0.25, 0.3) is 0 Å². The second-order valence-electron chi connectivity index (χ2n) is 3.83. The van der Waals surface area contributed by atoms with Crippen LogP contribution in [-0.4, -0.2) is 13.2 Å². The third-order valence-corrected chi connectivity index (χ3v) is 2.94. The lowest BCUT2D eigenvalue weighted by Gasteiger charge is -2.10. The Morgan fingerprint density at radius 2 is 1.84 bits per heavy atom. The van der Waals surface area contributed by atoms with Crippen molar-refractivity contribution in [2.45, 2.75) is 0 Å². The SMILES string of the molecule is Fc1cc(Br)ccc1NCCOc1ccccc1F. The van der Waals surface area contributed by atoms with E-state index in [1.54, 1.807) is 30.3 Å². The van der Waals surface area contributed by atoms with Crippen LogP contribution in [0.4, 0.5) is 14.5 Å². The molecule has 5 heteroatoms. The Morgan fingerprint density at radius 3 is 2.58 bits per heavy atom. The monoisotopic (exact) mass is 327 g/mol. The summed E-state index contributed by atoms with van der Waals surface area (Å²) in [4.78, 5) is 0. The number of hydrogen-bond donors (Lipinski definition) is 1. The second-order valence-corrected chi connectivity index (χ2v) is 4.75. The zero-order valence-electron chi connectivity index (χ0n) is 10.00. The number of nitrogens with one attached hydrogen (secondary N) is 1. The van der Waals surface area contributed by atoms with Crippen LogP contribution in [0.15, 0.2) is 46.9 Å². The molecule has 0 amide bonds. The number of hydrogen-bond acceptors (Lipinski definition) is 2. The van der Waals surface area contributed by atoms with E-state index >= 15 is 0 Å². The van der Waals surface area contributed by atoms with Crippen molar-refractivity contribution in [2.24, 2.45) is 0 Å². The van der Waals surface area contributed by atoms with Gasteiger partial charge in [0.15, 0.2) is 11.6 Å². The normalized spacial score (nSPS) is 10.3. The summed E-state index contributed by atoms with van der Waals surface area (Å²) in [5, 5.41) is 2.89. The van der Waals surface area contributed by atoms with Gasteiger partial charge in [0.2, 0.25) is 0 Å². The summed E-state index contributed by atoms with van der Waals surface area (Å²) >= 11 is 3.18. The van der Waals surface area contributed by atoms with Gasteiger partial charge in [-0.1, -0.05) is 28.1 Å². The van der Waals surface area contributed by atoms with Crippen molar-refractivity contribution in [3.63, 3.8) is 0 Å². The molecule has 0 saturated carbocycles. The van der Waals surface area contributed by atoms with E-state index in [9.17, 15) is 8.78 Å². The van der Waals surface area contributed by atoms with Crippen LogP contribution in [0.25, 0.3) is 0 Å². The number of benzene rings is 2. The molecule has 0 aliphatic heterocycles. The zero-order chi connectivity index (χ0) is 13.7. The van der Waals surface area contributed by atoms with Gasteiger partial charge in [-0.3, -0.25) is 0 Å². The summed E-state index contributed by atoms with van der Waals surface area (Å²) in [6.45, 7) is 0.628. The highest BCUT2D eigenvalue weighted by Gasteiger charge is 2.03. The van der Waals surface area contributed by atoms with E-state index < -0.39 is 5.82 Å². The van der Waals surface area contributed by atoms with Gasteiger partial charge < -0.3 is 10.1 Å². The molecule has 0 radical (unpaired) electrons. The fourth-order valence-electron chi connectivity index (χ4n) is 1.54. The summed E-state index contributed by atoms with van der Waals surface area (Å²) < 4.78 is 32.6. The maximum absolute atomic E-state index is 13.5. The lowest BCUT2D eigenvalue weighted by Crippen LogP contribution is -2.12. The summed E-state index contributed by atoms with van der Waals surface area (Å²) in [5.74, 6) is -0.557. The van der Waals surface area contributed by atoms with Crippen LogP contribution in [0.2, 0.25) is 0 Å². The molecule has 0 bridgehead atoms. The molecule has 0 atom stereocenters. The molecule has 0 heterocycles. The third kappa shape index (κ3) is 3.92. The molecule has 0 saturated heterocycles. The van der Waals surface area contributed by atoms with Gasteiger partial charge in [0, 0.05) is 11.0 Å². The standard InChI is InChI=1S/C14H12BrF2NO/c15-10-5-6-13(12(17)9-10)18-7-8-19-14-4-2-1-3-11(14)16/h1-6,9,18H,7-8H2. The number of para-hydroxylation sites is 1. The van der Waals surface area contributed by atoms with Gasteiger partial charge in [-0.2, -0.15) is 0 Å². The number of anilines is 1. The first kappa shape index (κ1) is 13.8. The fraction of sp³-hybridized carbons (Fsp3) is 0.143. The molecule has 0 spiro atoms. The molecule has 0 aromatic heterocycles. The van der Waals surface area contributed by atoms with E-state index in [0.717, 1.165) is 0 Å². The minimum atomic E-state index is -0.405. The molecule has 0 aliphatic carbocycles. The Hall–Kier alpha value is -1.62. The highest BCUT2D eigenvalue weighted by Crippen LogP contribution is 2.19. The minimum absolute atomic E-state index is 0.195. The van der Waals surface area contributed by atoms with Crippen molar-refractivity contribution >= 4 is 21.6 Å². The van der Waals surface area contributed by atoms with Gasteiger partial charge in [-0.25, -0.2) is 8.78 Å². The van der Waals surface area contributed by atoms with Gasteiger partial charge in [-0.15, -0.1) is 0 Å². The molecule has 0 aliphatic rings. The van der Waals surface area contributed by atoms with Gasteiger partial charge in [0.1, 0.15) is 12.4 Å². The summed E-state index contributed by atoms with van der Waals surface area (Å²) in [7, 11) is 0. The smallest absolute Gasteiger partial charge is 0.165 e. The highest BCUT2D eigenvalue weighted by atomic mass is 79.9. The van der Waals surface area contributed by atoms with E-state index in [2.05, 4.69) is 21.2 Å². The molecule has 2 rings (SSSR count). The molecular weight excluding hydrogens is 316 g/mol. The number of ether oxygens (including phenoxy) is 1. The van der Waals surface area contributed by atoms with E-state index in [1.807, 2.05) is 0 Å². The first-order valence-electron chi connectivity index (χ1n) is 5.73. The average Bonchev–Trinajstić information content (AvgIpc) is 2.38. The average molecular weight is 328 g/mol. The zero-order valence-corrected chi connectivity index (χ0v) is 11.6. The first-order chi connectivity index (χ1) is 9.16. The van der Waals surface area contributed by atoms with Crippen molar-refractivity contribution < 1.29 is 13.5 Å². The van der Waals surface area contributed by atoms with Crippen molar-refractivity contribution in [2.75, 3.05) is 18.5 Å². The molecule has 100 valence electrons. The molecule has 2 aromatic carbocycles. The lowest BCUT2D eigenvalue weighted by molar-refractivity contribution is 0.315. The third-order valence-electron chi connectivity index (χ3n) is 2.44. The van der Waals surface area contributed by atoms with Gasteiger partial charge in [-0.05, 0) is 30.3 Å². The molecule has 1 N–H and O–H groups in total. The number of halogens is 3. The minimum Gasteiger partial charge on any atom is -0.489 e. The van der Waals surface area contributed by atoms with E-state index in [1.165, 1.54) is 12.1 Å². The topological polar surface area (TPSA) is 21.3 Å². The molecule has 2 aromatic rings. The van der Waals surface area contributed by atoms with Crippen LogP contribution in [0.1, 0.15) is 0 Å². The fourth-order valence-corrected chi connectivity index (χ4v) is 1.87. The van der Waals surface area contributed by atoms with Crippen LogP contribution in [0.3, 0.4) is 0 Å². The first-order valence-corrected chi connectivity index (χ1v) is 6.52. The Kier molecular flexibility index (Phi) is 4.74. The largest absolute Gasteiger partial charge is 0.489 e. The summed E-state index contributed by atoms with van der Waals surface area (Å²) in [5.41, 5.74) is 0.389. The summed E-state index contributed by atoms with van der Waals surface area (Å²) in [6, 6.07) is 10.9. The summed E-state index contributed by atoms with van der Waals surface area (Å²) in [6.07, 6.45) is 0. The molecule has 0 fully saturated rings. The van der Waals surface area contributed by atoms with Crippen LogP contribution in [0, 0.1) is 11.6 Å². The molecule has 19 heavy (non-hydrogen) atoms. The van der Waals surface area contributed by atoms with Crippen LogP contribution >= 0.6 is 15.9 Å². The van der Waals surface area contributed by atoms with Crippen molar-refractivity contribution in [3.8, 4) is 5.75 Å². The maximum atomic E-state index is 13.5. The maximum Gasteiger partial charge on any atom is 0.165 e. The van der Waals surface area contributed by atoms with Crippen LogP contribution < -0.4 is 10.1 Å². The Labute approximate surface area is 118 Å². The van der Waals surface area contributed by atoms with E-state index in [-0.39, 0.29) is 18.2 Å². The molecule has 2 nitrogen and oxygen atoms in total. The number of rotatable bonds is 5. The quantitative estimate of drug-likeness (QED) is 0.830. The highest BCUT2D eigenvalue weighted by molar-refractivity contribution is 9.10. The van der Waals surface area contributed by atoms with E-state index in [4.69, 9.17) is 4.74 Å². The van der Waals surface area contributed by atoms with Gasteiger partial charge in [0.05, 0.1) is 5.69 Å². The lowest BCUT2D eigenvalue weighted by atomic mass is 10.3. The van der Waals surface area contributed by atoms with Crippen LogP contribution in [-0.2, 0) is 0 Å². The Morgan fingerprint density at radius 1 is 1.05 bits per heavy atom. The van der Waals surface area contributed by atoms with Crippen LogP contribution in [0.5, 0.6) is 5.75 Å². The predicted molar refractivity (Wildman–Crippen MR) is 74.5 cm³/mol.